The summed E-state index contributed by atoms with van der Waals surface area (Å²) < 4.78 is 43.7. The summed E-state index contributed by atoms with van der Waals surface area (Å²) in [6.07, 6.45) is 6.54. The summed E-state index contributed by atoms with van der Waals surface area (Å²) in [6, 6.07) is 12.5. The fraction of sp³-hybridized carbons (Fsp3) is 0.296. The molecule has 36 heavy (non-hydrogen) atoms. The Morgan fingerprint density at radius 3 is 2.72 bits per heavy atom. The Morgan fingerprint density at radius 1 is 1.22 bits per heavy atom. The van der Waals surface area contributed by atoms with Crippen molar-refractivity contribution in [1.29, 1.82) is 0 Å². The minimum atomic E-state index is -4.27. The van der Waals surface area contributed by atoms with Crippen molar-refractivity contribution >= 4 is 64.9 Å². The van der Waals surface area contributed by atoms with E-state index in [1.54, 1.807) is 29.8 Å². The fourth-order valence-electron chi connectivity index (χ4n) is 5.11. The van der Waals surface area contributed by atoms with E-state index < -0.39 is 10.1 Å². The average molecular weight is 541 g/mol. The van der Waals surface area contributed by atoms with E-state index in [4.69, 9.17) is 4.74 Å². The zero-order chi connectivity index (χ0) is 25.7. The van der Waals surface area contributed by atoms with Crippen LogP contribution in [0.25, 0.3) is 26.4 Å². The van der Waals surface area contributed by atoms with Crippen LogP contribution in [0.1, 0.15) is 30.8 Å². The maximum Gasteiger partial charge on any atom is 0.262 e. The topological polar surface area (TPSA) is 73.5 Å². The number of likely N-dealkylation sites (N-methyl/N-ethyl adjacent to an activating group) is 1. The number of thiophene rings is 1. The normalized spacial score (nSPS) is 16.6. The first-order valence-electron chi connectivity index (χ1n) is 11.7. The van der Waals surface area contributed by atoms with E-state index in [9.17, 15) is 13.0 Å². The number of benzene rings is 2. The third-order valence-electron chi connectivity index (χ3n) is 6.82. The Balaban J connectivity index is 1.58. The number of rotatable bonds is 7. The van der Waals surface area contributed by atoms with Crippen molar-refractivity contribution in [2.75, 3.05) is 24.8 Å². The monoisotopic (exact) mass is 540 g/mol. The van der Waals surface area contributed by atoms with Gasteiger partial charge in [0.05, 0.1) is 17.2 Å². The van der Waals surface area contributed by atoms with Crippen LogP contribution in [0.3, 0.4) is 0 Å². The number of aryl methyl sites for hydroxylation is 1. The largest absolute Gasteiger partial charge is 0.748 e. The molecule has 5 rings (SSSR count). The molecule has 6 nitrogen and oxygen atoms in total. The third kappa shape index (κ3) is 4.34. The smallest absolute Gasteiger partial charge is 0.262 e. The third-order valence-corrected chi connectivity index (χ3v) is 9.63. The SMILES string of the molecule is COc1cc2sc(/C=C\C=C3/N(C)c4ccccc4C3(C)C)[n+](CCCS(=O)(=O)[O-])c2c2sccc12. The Morgan fingerprint density at radius 2 is 2.00 bits per heavy atom. The fourth-order valence-corrected chi connectivity index (χ4v) is 7.77. The molecule has 0 unspecified atom stereocenters. The number of hydrogen-bond acceptors (Lipinski definition) is 7. The lowest BCUT2D eigenvalue weighted by Gasteiger charge is -2.23. The average Bonchev–Trinajstić information content (AvgIpc) is 3.49. The first-order valence-corrected chi connectivity index (χ1v) is 15.0. The molecule has 188 valence electrons. The summed E-state index contributed by atoms with van der Waals surface area (Å²) in [7, 11) is -0.506. The van der Waals surface area contributed by atoms with E-state index in [2.05, 4.69) is 72.9 Å². The number of methoxy groups -OCH3 is 1. The van der Waals surface area contributed by atoms with Gasteiger partial charge < -0.3 is 14.2 Å². The molecule has 0 N–H and O–H groups in total. The van der Waals surface area contributed by atoms with Gasteiger partial charge in [0.2, 0.25) is 5.52 Å². The first kappa shape index (κ1) is 25.0. The summed E-state index contributed by atoms with van der Waals surface area (Å²) in [5.74, 6) is 0.435. The van der Waals surface area contributed by atoms with E-state index in [0.29, 0.717) is 6.54 Å². The molecule has 2 aromatic heterocycles. The lowest BCUT2D eigenvalue weighted by atomic mass is 9.84. The molecule has 1 aliphatic heterocycles. The van der Waals surface area contributed by atoms with Gasteiger partial charge in [-0.3, -0.25) is 0 Å². The maximum absolute atomic E-state index is 11.3. The molecule has 1 aliphatic rings. The number of fused-ring (bicyclic) bond motifs is 4. The number of hydrogen-bond donors (Lipinski definition) is 0. The van der Waals surface area contributed by atoms with Crippen molar-refractivity contribution in [3.05, 3.63) is 70.2 Å². The van der Waals surface area contributed by atoms with Crippen LogP contribution in [0.4, 0.5) is 5.69 Å². The predicted octanol–water partition coefficient (Wildman–Crippen LogP) is 5.67. The molecule has 0 bridgehead atoms. The number of para-hydroxylation sites is 1. The van der Waals surface area contributed by atoms with Crippen molar-refractivity contribution in [1.82, 2.24) is 0 Å². The number of ether oxygens (including phenoxy) is 1. The van der Waals surface area contributed by atoms with Gasteiger partial charge in [-0.1, -0.05) is 49.5 Å². The summed E-state index contributed by atoms with van der Waals surface area (Å²) in [4.78, 5) is 2.23. The molecule has 2 aromatic carbocycles. The quantitative estimate of drug-likeness (QED) is 0.223. The number of thiazole rings is 1. The molecular formula is C27H28N2O4S3. The summed E-state index contributed by atoms with van der Waals surface area (Å²) in [5, 5.41) is 4.05. The molecule has 3 heterocycles. The van der Waals surface area contributed by atoms with Gasteiger partial charge in [0.15, 0.2) is 6.54 Å². The Kier molecular flexibility index (Phi) is 6.45. The van der Waals surface area contributed by atoms with Gasteiger partial charge in [-0.05, 0) is 29.2 Å². The van der Waals surface area contributed by atoms with Gasteiger partial charge in [0, 0.05) is 53.5 Å². The first-order chi connectivity index (χ1) is 17.1. The molecule has 0 saturated heterocycles. The molecule has 0 aliphatic carbocycles. The second-order valence-corrected chi connectivity index (χ2v) is 12.9. The lowest BCUT2D eigenvalue weighted by Crippen LogP contribution is -2.36. The van der Waals surface area contributed by atoms with Crippen LogP contribution in [0.15, 0.2) is 59.6 Å². The van der Waals surface area contributed by atoms with Crippen LogP contribution in [0.5, 0.6) is 5.75 Å². The van der Waals surface area contributed by atoms with Crippen molar-refractivity contribution in [3.8, 4) is 5.75 Å². The zero-order valence-corrected chi connectivity index (χ0v) is 23.1. The van der Waals surface area contributed by atoms with Crippen molar-refractivity contribution < 1.29 is 22.3 Å². The van der Waals surface area contributed by atoms with Crippen LogP contribution in [-0.4, -0.2) is 32.9 Å². The summed E-state index contributed by atoms with van der Waals surface area (Å²) in [5.41, 5.74) is 4.64. The highest BCUT2D eigenvalue weighted by Crippen LogP contribution is 2.46. The van der Waals surface area contributed by atoms with Gasteiger partial charge in [-0.25, -0.2) is 8.42 Å². The number of allylic oxidation sites excluding steroid dienone is 3. The van der Waals surface area contributed by atoms with Gasteiger partial charge >= 0.3 is 0 Å². The van der Waals surface area contributed by atoms with Gasteiger partial charge in [0.25, 0.3) is 5.01 Å². The number of aromatic nitrogens is 1. The highest BCUT2D eigenvalue weighted by Gasteiger charge is 2.37. The van der Waals surface area contributed by atoms with E-state index in [1.165, 1.54) is 16.9 Å². The molecule has 4 aromatic rings. The summed E-state index contributed by atoms with van der Waals surface area (Å²) in [6.45, 7) is 4.91. The van der Waals surface area contributed by atoms with Crippen LogP contribution in [0.2, 0.25) is 0 Å². The molecule has 0 radical (unpaired) electrons. The predicted molar refractivity (Wildman–Crippen MR) is 148 cm³/mol. The van der Waals surface area contributed by atoms with Crippen LogP contribution >= 0.6 is 22.7 Å². The second-order valence-electron chi connectivity index (χ2n) is 9.41. The number of anilines is 1. The number of nitrogens with zero attached hydrogens (tertiary/aromatic N) is 2. The van der Waals surface area contributed by atoms with E-state index in [0.717, 1.165) is 31.1 Å². The maximum atomic E-state index is 11.3. The minimum absolute atomic E-state index is 0.120. The Hall–Kier alpha value is -2.72. The minimum Gasteiger partial charge on any atom is -0.748 e. The molecule has 0 saturated carbocycles. The van der Waals surface area contributed by atoms with Crippen LogP contribution in [0, 0.1) is 0 Å². The highest BCUT2D eigenvalue weighted by atomic mass is 32.2. The molecular weight excluding hydrogens is 513 g/mol. The van der Waals surface area contributed by atoms with E-state index >= 15 is 0 Å². The Labute approximate surface area is 219 Å². The van der Waals surface area contributed by atoms with Gasteiger partial charge in [-0.2, -0.15) is 4.57 Å². The van der Waals surface area contributed by atoms with Crippen LogP contribution in [-0.2, 0) is 22.1 Å². The lowest BCUT2D eigenvalue weighted by molar-refractivity contribution is -0.667. The second kappa shape index (κ2) is 9.30. The van der Waals surface area contributed by atoms with Crippen molar-refractivity contribution in [3.63, 3.8) is 0 Å². The van der Waals surface area contributed by atoms with Gasteiger partial charge in [-0.15, -0.1) is 11.3 Å². The molecule has 9 heteroatoms. The van der Waals surface area contributed by atoms with Crippen molar-refractivity contribution in [2.24, 2.45) is 0 Å². The van der Waals surface area contributed by atoms with Crippen LogP contribution < -0.4 is 14.2 Å². The van der Waals surface area contributed by atoms with Gasteiger partial charge in [0.1, 0.15) is 15.1 Å². The zero-order valence-electron chi connectivity index (χ0n) is 20.6. The standard InChI is InChI=1S/C27H28N2O4S3/c1-27(2)19-9-5-6-10-20(19)28(3)23(27)11-7-12-24-29(14-8-16-36(30,31)32)25-22(35-24)17-21(33-4)18-13-15-34-26(18)25/h5-7,9-13,15,17H,8,14,16H2,1-4H3. The molecule has 0 fully saturated rings. The molecule has 0 spiro atoms. The summed E-state index contributed by atoms with van der Waals surface area (Å²) >= 11 is 3.27. The molecule has 0 atom stereocenters. The van der Waals surface area contributed by atoms with E-state index in [1.807, 2.05) is 17.5 Å². The van der Waals surface area contributed by atoms with Crippen molar-refractivity contribution in [2.45, 2.75) is 32.2 Å². The van der Waals surface area contributed by atoms with E-state index in [-0.39, 0.29) is 17.6 Å². The Bertz CT molecular complexity index is 1630. The molecule has 0 amide bonds. The highest BCUT2D eigenvalue weighted by molar-refractivity contribution is 7.85.